The molecule has 0 amide bonds. The number of ether oxygens (including phenoxy) is 1. The average molecular weight is 266 g/mol. The van der Waals surface area contributed by atoms with Crippen molar-refractivity contribution in [1.82, 2.24) is 0 Å². The van der Waals surface area contributed by atoms with E-state index in [9.17, 15) is 4.79 Å². The first-order chi connectivity index (χ1) is 9.16. The molecule has 0 aromatic heterocycles. The van der Waals surface area contributed by atoms with Crippen LogP contribution in [0.3, 0.4) is 0 Å². The van der Waals surface area contributed by atoms with Crippen LogP contribution in [-0.2, 0) is 4.74 Å². The summed E-state index contributed by atoms with van der Waals surface area (Å²) in [6.07, 6.45) is 3.01. The molecule has 0 saturated carbocycles. The second kappa shape index (κ2) is 8.37. The first kappa shape index (κ1) is 15.3. The molecule has 0 atom stereocenters. The van der Waals surface area contributed by atoms with Crippen molar-refractivity contribution in [2.24, 2.45) is 0 Å². The van der Waals surface area contributed by atoms with Crippen molar-refractivity contribution in [1.29, 1.82) is 0 Å². The van der Waals surface area contributed by atoms with Gasteiger partial charge < -0.3 is 20.9 Å². The fourth-order valence-corrected chi connectivity index (χ4v) is 1.68. The van der Waals surface area contributed by atoms with Crippen LogP contribution in [0.5, 0.6) is 0 Å². The number of aromatic carboxylic acids is 1. The number of hydrogen-bond acceptors (Lipinski definition) is 4. The van der Waals surface area contributed by atoms with Gasteiger partial charge in [0, 0.05) is 19.8 Å². The first-order valence-electron chi connectivity index (χ1n) is 6.60. The van der Waals surface area contributed by atoms with Crippen LogP contribution >= 0.6 is 0 Å². The third-order valence-electron chi connectivity index (χ3n) is 2.74. The summed E-state index contributed by atoms with van der Waals surface area (Å²) in [5.74, 6) is -0.978. The number of anilines is 2. The van der Waals surface area contributed by atoms with E-state index < -0.39 is 5.97 Å². The van der Waals surface area contributed by atoms with Gasteiger partial charge in [-0.15, -0.1) is 0 Å². The Hall–Kier alpha value is -1.75. The molecule has 4 N–H and O–H groups in total. The van der Waals surface area contributed by atoms with Gasteiger partial charge in [0.1, 0.15) is 0 Å². The standard InChI is InChI=1S/C14H22N2O3/c1-2-3-9-19-10-5-8-16-13-11(14(17)18)6-4-7-12(13)15/h4,6-7,16H,2-3,5,8-10,15H2,1H3,(H,17,18). The Balaban J connectivity index is 2.38. The van der Waals surface area contributed by atoms with Gasteiger partial charge in [0.05, 0.1) is 16.9 Å². The van der Waals surface area contributed by atoms with Crippen molar-refractivity contribution in [2.45, 2.75) is 26.2 Å². The molecule has 0 aliphatic carbocycles. The van der Waals surface area contributed by atoms with Gasteiger partial charge in [0.25, 0.3) is 0 Å². The van der Waals surface area contributed by atoms with E-state index in [1.807, 2.05) is 0 Å². The number of benzene rings is 1. The van der Waals surface area contributed by atoms with Crippen molar-refractivity contribution in [2.75, 3.05) is 30.8 Å². The quantitative estimate of drug-likeness (QED) is 0.472. The second-order valence-electron chi connectivity index (χ2n) is 4.32. The SMILES string of the molecule is CCCCOCCCNc1c(N)cccc1C(=O)O. The first-order valence-corrected chi connectivity index (χ1v) is 6.60. The topological polar surface area (TPSA) is 84.6 Å². The van der Waals surface area contributed by atoms with E-state index in [-0.39, 0.29) is 5.56 Å². The number of para-hydroxylation sites is 1. The Bertz CT molecular complexity index is 408. The summed E-state index contributed by atoms with van der Waals surface area (Å²) < 4.78 is 5.43. The molecule has 19 heavy (non-hydrogen) atoms. The van der Waals surface area contributed by atoms with E-state index in [2.05, 4.69) is 12.2 Å². The molecule has 0 spiro atoms. The molecule has 0 aliphatic rings. The molecule has 1 aromatic carbocycles. The summed E-state index contributed by atoms with van der Waals surface area (Å²) in [5, 5.41) is 12.1. The maximum atomic E-state index is 11.1. The average Bonchev–Trinajstić information content (AvgIpc) is 2.39. The van der Waals surface area contributed by atoms with E-state index in [0.717, 1.165) is 25.9 Å². The van der Waals surface area contributed by atoms with Crippen LogP contribution in [0.25, 0.3) is 0 Å². The number of carboxylic acid groups (broad SMARTS) is 1. The molecular weight excluding hydrogens is 244 g/mol. The van der Waals surface area contributed by atoms with Gasteiger partial charge >= 0.3 is 5.97 Å². The molecule has 1 rings (SSSR count). The number of nitrogens with one attached hydrogen (secondary N) is 1. The van der Waals surface area contributed by atoms with Gasteiger partial charge in [0.2, 0.25) is 0 Å². The van der Waals surface area contributed by atoms with Gasteiger partial charge in [-0.1, -0.05) is 19.4 Å². The number of hydrogen-bond donors (Lipinski definition) is 3. The van der Waals surface area contributed by atoms with E-state index in [1.165, 1.54) is 0 Å². The van der Waals surface area contributed by atoms with Crippen molar-refractivity contribution < 1.29 is 14.6 Å². The smallest absolute Gasteiger partial charge is 0.337 e. The maximum absolute atomic E-state index is 11.1. The van der Waals surface area contributed by atoms with Crippen LogP contribution < -0.4 is 11.1 Å². The molecular formula is C14H22N2O3. The minimum Gasteiger partial charge on any atom is -0.478 e. The lowest BCUT2D eigenvalue weighted by molar-refractivity contribution is 0.0698. The predicted molar refractivity (Wildman–Crippen MR) is 76.6 cm³/mol. The molecule has 5 heteroatoms. The maximum Gasteiger partial charge on any atom is 0.337 e. The van der Waals surface area contributed by atoms with Crippen LogP contribution in [0.2, 0.25) is 0 Å². The van der Waals surface area contributed by atoms with Crippen molar-refractivity contribution in [3.8, 4) is 0 Å². The molecule has 5 nitrogen and oxygen atoms in total. The van der Waals surface area contributed by atoms with Gasteiger partial charge in [-0.2, -0.15) is 0 Å². The molecule has 0 bridgehead atoms. The number of rotatable bonds is 9. The zero-order chi connectivity index (χ0) is 14.1. The highest BCUT2D eigenvalue weighted by molar-refractivity contribution is 5.97. The number of nitrogen functional groups attached to an aromatic ring is 1. The van der Waals surface area contributed by atoms with Gasteiger partial charge in [0.15, 0.2) is 0 Å². The molecule has 0 unspecified atom stereocenters. The van der Waals surface area contributed by atoms with Crippen LogP contribution in [-0.4, -0.2) is 30.8 Å². The number of nitrogens with two attached hydrogens (primary N) is 1. The normalized spacial score (nSPS) is 10.4. The highest BCUT2D eigenvalue weighted by Gasteiger charge is 2.11. The third-order valence-corrected chi connectivity index (χ3v) is 2.74. The fraction of sp³-hybridized carbons (Fsp3) is 0.500. The van der Waals surface area contributed by atoms with Crippen LogP contribution in [0, 0.1) is 0 Å². The highest BCUT2D eigenvalue weighted by atomic mass is 16.5. The van der Waals surface area contributed by atoms with E-state index in [4.69, 9.17) is 15.6 Å². The third kappa shape index (κ3) is 5.18. The Morgan fingerprint density at radius 3 is 2.79 bits per heavy atom. The highest BCUT2D eigenvalue weighted by Crippen LogP contribution is 2.23. The van der Waals surface area contributed by atoms with E-state index in [0.29, 0.717) is 24.5 Å². The summed E-state index contributed by atoms with van der Waals surface area (Å²) >= 11 is 0. The van der Waals surface area contributed by atoms with Crippen LogP contribution in [0.4, 0.5) is 11.4 Å². The van der Waals surface area contributed by atoms with Crippen molar-refractivity contribution in [3.05, 3.63) is 23.8 Å². The van der Waals surface area contributed by atoms with E-state index >= 15 is 0 Å². The Labute approximate surface area is 113 Å². The summed E-state index contributed by atoms with van der Waals surface area (Å²) in [6.45, 7) is 4.21. The Morgan fingerprint density at radius 1 is 1.37 bits per heavy atom. The Kier molecular flexibility index (Phi) is 6.74. The van der Waals surface area contributed by atoms with Crippen molar-refractivity contribution >= 4 is 17.3 Å². The molecule has 0 saturated heterocycles. The van der Waals surface area contributed by atoms with Crippen molar-refractivity contribution in [3.63, 3.8) is 0 Å². The molecule has 0 fully saturated rings. The van der Waals surface area contributed by atoms with Crippen LogP contribution in [0.15, 0.2) is 18.2 Å². The Morgan fingerprint density at radius 2 is 2.11 bits per heavy atom. The summed E-state index contributed by atoms with van der Waals surface area (Å²) in [7, 11) is 0. The van der Waals surface area contributed by atoms with Gasteiger partial charge in [-0.25, -0.2) is 4.79 Å². The molecule has 0 radical (unpaired) electrons. The largest absolute Gasteiger partial charge is 0.478 e. The fourth-order valence-electron chi connectivity index (χ4n) is 1.68. The zero-order valence-electron chi connectivity index (χ0n) is 11.3. The molecule has 106 valence electrons. The minimum absolute atomic E-state index is 0.201. The number of unbranched alkanes of at least 4 members (excludes halogenated alkanes) is 1. The van der Waals surface area contributed by atoms with Gasteiger partial charge in [-0.05, 0) is 25.0 Å². The number of carboxylic acids is 1. The summed E-state index contributed by atoms with van der Waals surface area (Å²) in [4.78, 5) is 11.1. The zero-order valence-corrected chi connectivity index (χ0v) is 11.3. The predicted octanol–water partition coefficient (Wildman–Crippen LogP) is 2.59. The summed E-state index contributed by atoms with van der Waals surface area (Å²) in [5.41, 5.74) is 6.92. The van der Waals surface area contributed by atoms with Gasteiger partial charge in [-0.3, -0.25) is 0 Å². The monoisotopic (exact) mass is 266 g/mol. The van der Waals surface area contributed by atoms with E-state index in [1.54, 1.807) is 18.2 Å². The lowest BCUT2D eigenvalue weighted by atomic mass is 10.1. The minimum atomic E-state index is -0.978. The number of carbonyl (C=O) groups is 1. The lowest BCUT2D eigenvalue weighted by Crippen LogP contribution is -2.11. The second-order valence-corrected chi connectivity index (χ2v) is 4.32. The molecule has 1 aromatic rings. The van der Waals surface area contributed by atoms with Crippen LogP contribution in [0.1, 0.15) is 36.5 Å². The molecule has 0 aliphatic heterocycles. The molecule has 0 heterocycles. The lowest BCUT2D eigenvalue weighted by Gasteiger charge is -2.12. The summed E-state index contributed by atoms with van der Waals surface area (Å²) in [6, 6.07) is 4.86.